The molecule has 0 unspecified atom stereocenters. The second kappa shape index (κ2) is 6.62. The number of hydrogen-bond donors (Lipinski definition) is 2. The summed E-state index contributed by atoms with van der Waals surface area (Å²) < 4.78 is 10.4. The van der Waals surface area contributed by atoms with Gasteiger partial charge in [-0.3, -0.25) is 0 Å². The SMILES string of the molecule is CNC(=O)NCCc1ccc(OC)cc1OC. The molecule has 0 atom stereocenters. The highest BCUT2D eigenvalue weighted by Gasteiger charge is 2.05. The predicted molar refractivity (Wildman–Crippen MR) is 65.7 cm³/mol. The lowest BCUT2D eigenvalue weighted by molar-refractivity contribution is 0.243. The van der Waals surface area contributed by atoms with Crippen LogP contribution in [0.4, 0.5) is 4.79 Å². The number of carbonyl (C=O) groups excluding carboxylic acids is 1. The molecule has 0 heterocycles. The van der Waals surface area contributed by atoms with Crippen LogP contribution in [0.2, 0.25) is 0 Å². The summed E-state index contributed by atoms with van der Waals surface area (Å²) in [6, 6.07) is 5.45. The van der Waals surface area contributed by atoms with Crippen LogP contribution in [0, 0.1) is 0 Å². The standard InChI is InChI=1S/C12H18N2O3/c1-13-12(15)14-7-6-9-4-5-10(16-2)8-11(9)17-3/h4-5,8H,6-7H2,1-3H3,(H2,13,14,15). The van der Waals surface area contributed by atoms with Gasteiger partial charge in [-0.2, -0.15) is 0 Å². The van der Waals surface area contributed by atoms with Gasteiger partial charge >= 0.3 is 6.03 Å². The highest BCUT2D eigenvalue weighted by molar-refractivity contribution is 5.73. The molecular formula is C12H18N2O3. The average Bonchev–Trinajstić information content (AvgIpc) is 2.38. The van der Waals surface area contributed by atoms with Gasteiger partial charge in [-0.15, -0.1) is 0 Å². The maximum atomic E-state index is 11.0. The number of amides is 2. The van der Waals surface area contributed by atoms with Crippen molar-refractivity contribution in [1.82, 2.24) is 10.6 Å². The zero-order valence-corrected chi connectivity index (χ0v) is 10.4. The largest absolute Gasteiger partial charge is 0.497 e. The van der Waals surface area contributed by atoms with Crippen molar-refractivity contribution < 1.29 is 14.3 Å². The lowest BCUT2D eigenvalue weighted by atomic mass is 10.1. The van der Waals surface area contributed by atoms with E-state index in [0.29, 0.717) is 13.0 Å². The molecule has 0 aliphatic rings. The number of ether oxygens (including phenoxy) is 2. The molecule has 0 saturated carbocycles. The van der Waals surface area contributed by atoms with E-state index >= 15 is 0 Å². The Labute approximate surface area is 101 Å². The fourth-order valence-corrected chi connectivity index (χ4v) is 1.46. The number of urea groups is 1. The van der Waals surface area contributed by atoms with Crippen LogP contribution >= 0.6 is 0 Å². The molecule has 0 aromatic heterocycles. The maximum absolute atomic E-state index is 11.0. The molecule has 2 N–H and O–H groups in total. The molecule has 0 bridgehead atoms. The Morgan fingerprint density at radius 3 is 2.65 bits per heavy atom. The summed E-state index contributed by atoms with van der Waals surface area (Å²) in [6.07, 6.45) is 0.709. The van der Waals surface area contributed by atoms with Gasteiger partial charge in [0.1, 0.15) is 11.5 Å². The van der Waals surface area contributed by atoms with Crippen LogP contribution in [0.5, 0.6) is 11.5 Å². The first-order chi connectivity index (χ1) is 8.21. The van der Waals surface area contributed by atoms with Gasteiger partial charge in [-0.25, -0.2) is 4.79 Å². The van der Waals surface area contributed by atoms with Crippen molar-refractivity contribution in [3.8, 4) is 11.5 Å². The molecule has 17 heavy (non-hydrogen) atoms. The molecule has 0 aliphatic carbocycles. The van der Waals surface area contributed by atoms with Crippen molar-refractivity contribution in [2.24, 2.45) is 0 Å². The Kier molecular flexibility index (Phi) is 5.13. The van der Waals surface area contributed by atoms with Crippen LogP contribution in [0.15, 0.2) is 18.2 Å². The molecule has 5 nitrogen and oxygen atoms in total. The van der Waals surface area contributed by atoms with Gasteiger partial charge in [0.15, 0.2) is 0 Å². The van der Waals surface area contributed by atoms with Gasteiger partial charge < -0.3 is 20.1 Å². The van der Waals surface area contributed by atoms with Crippen molar-refractivity contribution in [3.05, 3.63) is 23.8 Å². The Balaban J connectivity index is 2.61. The van der Waals surface area contributed by atoms with Crippen molar-refractivity contribution in [2.75, 3.05) is 27.8 Å². The molecule has 0 radical (unpaired) electrons. The predicted octanol–water partition coefficient (Wildman–Crippen LogP) is 1.18. The summed E-state index contributed by atoms with van der Waals surface area (Å²) in [7, 11) is 4.81. The normalized spacial score (nSPS) is 9.59. The minimum atomic E-state index is -0.183. The molecule has 1 aromatic carbocycles. The van der Waals surface area contributed by atoms with E-state index in [9.17, 15) is 4.79 Å². The number of methoxy groups -OCH3 is 2. The lowest BCUT2D eigenvalue weighted by Crippen LogP contribution is -2.34. The summed E-state index contributed by atoms with van der Waals surface area (Å²) >= 11 is 0. The molecular weight excluding hydrogens is 220 g/mol. The third kappa shape index (κ3) is 3.86. The van der Waals surface area contributed by atoms with E-state index in [4.69, 9.17) is 9.47 Å². The van der Waals surface area contributed by atoms with Gasteiger partial charge in [-0.1, -0.05) is 6.07 Å². The van der Waals surface area contributed by atoms with Crippen LogP contribution < -0.4 is 20.1 Å². The molecule has 1 rings (SSSR count). The second-order valence-corrected chi connectivity index (χ2v) is 3.43. The third-order valence-electron chi connectivity index (χ3n) is 2.40. The smallest absolute Gasteiger partial charge is 0.314 e. The maximum Gasteiger partial charge on any atom is 0.314 e. The first-order valence-electron chi connectivity index (χ1n) is 5.37. The summed E-state index contributed by atoms with van der Waals surface area (Å²) in [4.78, 5) is 11.0. The van der Waals surface area contributed by atoms with E-state index < -0.39 is 0 Å². The number of carbonyl (C=O) groups is 1. The van der Waals surface area contributed by atoms with Crippen LogP contribution in [-0.2, 0) is 6.42 Å². The number of rotatable bonds is 5. The third-order valence-corrected chi connectivity index (χ3v) is 2.40. The average molecular weight is 238 g/mol. The topological polar surface area (TPSA) is 59.6 Å². The van der Waals surface area contributed by atoms with Gasteiger partial charge in [0.05, 0.1) is 14.2 Å². The van der Waals surface area contributed by atoms with Gasteiger partial charge in [0.2, 0.25) is 0 Å². The fourth-order valence-electron chi connectivity index (χ4n) is 1.46. The van der Waals surface area contributed by atoms with Crippen molar-refractivity contribution >= 4 is 6.03 Å². The Morgan fingerprint density at radius 1 is 1.29 bits per heavy atom. The molecule has 0 fully saturated rings. The zero-order chi connectivity index (χ0) is 12.7. The highest BCUT2D eigenvalue weighted by atomic mass is 16.5. The van der Waals surface area contributed by atoms with Crippen molar-refractivity contribution in [1.29, 1.82) is 0 Å². The molecule has 2 amide bonds. The van der Waals surface area contributed by atoms with Crippen LogP contribution in [-0.4, -0.2) is 33.8 Å². The first-order valence-corrected chi connectivity index (χ1v) is 5.37. The second-order valence-electron chi connectivity index (χ2n) is 3.43. The summed E-state index contributed by atoms with van der Waals surface area (Å²) in [5.41, 5.74) is 1.03. The number of hydrogen-bond acceptors (Lipinski definition) is 3. The van der Waals surface area contributed by atoms with Crippen molar-refractivity contribution in [3.63, 3.8) is 0 Å². The van der Waals surface area contributed by atoms with E-state index in [-0.39, 0.29) is 6.03 Å². The van der Waals surface area contributed by atoms with Crippen molar-refractivity contribution in [2.45, 2.75) is 6.42 Å². The van der Waals surface area contributed by atoms with Gasteiger partial charge in [0.25, 0.3) is 0 Å². The number of benzene rings is 1. The van der Waals surface area contributed by atoms with Gasteiger partial charge in [-0.05, 0) is 18.1 Å². The zero-order valence-electron chi connectivity index (χ0n) is 10.4. The Bertz CT molecular complexity index is 380. The Morgan fingerprint density at radius 2 is 2.06 bits per heavy atom. The lowest BCUT2D eigenvalue weighted by Gasteiger charge is -2.10. The first kappa shape index (κ1) is 13.2. The minimum absolute atomic E-state index is 0.183. The highest BCUT2D eigenvalue weighted by Crippen LogP contribution is 2.24. The van der Waals surface area contributed by atoms with E-state index in [2.05, 4.69) is 10.6 Å². The number of nitrogens with one attached hydrogen (secondary N) is 2. The van der Waals surface area contributed by atoms with E-state index in [1.165, 1.54) is 0 Å². The fraction of sp³-hybridized carbons (Fsp3) is 0.417. The van der Waals surface area contributed by atoms with E-state index in [0.717, 1.165) is 17.1 Å². The minimum Gasteiger partial charge on any atom is -0.497 e. The van der Waals surface area contributed by atoms with E-state index in [1.807, 2.05) is 18.2 Å². The quantitative estimate of drug-likeness (QED) is 0.809. The molecule has 94 valence electrons. The van der Waals surface area contributed by atoms with Crippen LogP contribution in [0.1, 0.15) is 5.56 Å². The summed E-state index contributed by atoms with van der Waals surface area (Å²) in [5, 5.41) is 5.22. The van der Waals surface area contributed by atoms with Crippen LogP contribution in [0.25, 0.3) is 0 Å². The van der Waals surface area contributed by atoms with Crippen LogP contribution in [0.3, 0.4) is 0 Å². The molecule has 0 aliphatic heterocycles. The summed E-state index contributed by atoms with van der Waals surface area (Å²) in [6.45, 7) is 0.558. The monoisotopic (exact) mass is 238 g/mol. The molecule has 5 heteroatoms. The molecule has 0 saturated heterocycles. The molecule has 0 spiro atoms. The van der Waals surface area contributed by atoms with Gasteiger partial charge in [0, 0.05) is 19.7 Å². The Hall–Kier alpha value is -1.91. The summed E-state index contributed by atoms with van der Waals surface area (Å²) in [5.74, 6) is 1.52. The van der Waals surface area contributed by atoms with E-state index in [1.54, 1.807) is 21.3 Å². The molecule has 1 aromatic rings.